The predicted molar refractivity (Wildman–Crippen MR) is 106 cm³/mol. The molecule has 6 heteroatoms. The molecule has 0 fully saturated rings. The molecule has 3 nitrogen and oxygen atoms in total. The van der Waals surface area contributed by atoms with E-state index in [0.717, 1.165) is 49.2 Å². The predicted octanol–water partition coefficient (Wildman–Crippen LogP) is 4.43. The third-order valence-corrected chi connectivity index (χ3v) is 4.14. The van der Waals surface area contributed by atoms with Crippen molar-refractivity contribution in [3.05, 3.63) is 34.0 Å². The van der Waals surface area contributed by atoms with Gasteiger partial charge in [0, 0.05) is 38.0 Å². The maximum Gasteiger partial charge on any atom is 0.193 e. The summed E-state index contributed by atoms with van der Waals surface area (Å²) in [5, 5.41) is 3.33. The first kappa shape index (κ1) is 20.7. The second-order valence-corrected chi connectivity index (χ2v) is 6.34. The van der Waals surface area contributed by atoms with Crippen molar-refractivity contribution >= 4 is 52.9 Å². The summed E-state index contributed by atoms with van der Waals surface area (Å²) < 4.78 is 0.845. The molecule has 0 aliphatic heterocycles. The van der Waals surface area contributed by atoms with Crippen molar-refractivity contribution in [1.82, 2.24) is 10.2 Å². The van der Waals surface area contributed by atoms with Crippen LogP contribution in [0.25, 0.3) is 0 Å². The Morgan fingerprint density at radius 3 is 2.86 bits per heavy atom. The van der Waals surface area contributed by atoms with Crippen LogP contribution in [0.15, 0.2) is 29.8 Å². The second-order valence-electron chi connectivity index (χ2n) is 4.54. The largest absolute Gasteiger partial charge is 0.357 e. The first-order chi connectivity index (χ1) is 9.67. The number of guanidine groups is 1. The van der Waals surface area contributed by atoms with Gasteiger partial charge in [0.1, 0.15) is 0 Å². The van der Waals surface area contributed by atoms with Crippen LogP contribution in [0, 0.1) is 0 Å². The number of hydrogen-bond donors (Lipinski definition) is 1. The molecule has 21 heavy (non-hydrogen) atoms. The molecule has 0 spiro atoms. The molecule has 0 saturated carbocycles. The first-order valence-electron chi connectivity index (χ1n) is 7.02. The lowest BCUT2D eigenvalue weighted by Crippen LogP contribution is -2.39. The summed E-state index contributed by atoms with van der Waals surface area (Å²) in [5.74, 6) is 0.971. The fourth-order valence-corrected chi connectivity index (χ4v) is 2.88. The number of rotatable bonds is 8. The van der Waals surface area contributed by atoms with Gasteiger partial charge in [-0.2, -0.15) is 0 Å². The van der Waals surface area contributed by atoms with Crippen LogP contribution in [0.4, 0.5) is 0 Å². The molecule has 0 aromatic carbocycles. The van der Waals surface area contributed by atoms with Gasteiger partial charge in [0.15, 0.2) is 5.96 Å². The zero-order valence-corrected chi connectivity index (χ0v) is 16.7. The van der Waals surface area contributed by atoms with Crippen LogP contribution in [0.1, 0.15) is 24.6 Å². The van der Waals surface area contributed by atoms with Gasteiger partial charge in [0.2, 0.25) is 0 Å². The highest BCUT2D eigenvalue weighted by molar-refractivity contribution is 14.0. The van der Waals surface area contributed by atoms with Gasteiger partial charge >= 0.3 is 0 Å². The molecule has 1 N–H and O–H groups in total. The quantitative estimate of drug-likeness (QED) is 0.212. The molecule has 1 aromatic rings. The number of aliphatic imine (C=N–C) groups is 1. The smallest absolute Gasteiger partial charge is 0.193 e. The summed E-state index contributed by atoms with van der Waals surface area (Å²) in [6, 6.07) is 4.02. The van der Waals surface area contributed by atoms with E-state index in [0.29, 0.717) is 0 Å². The highest BCUT2D eigenvalue weighted by Crippen LogP contribution is 2.21. The summed E-state index contributed by atoms with van der Waals surface area (Å²) >= 11 is 7.56. The number of unbranched alkanes of at least 4 members (excludes halogenated alkanes) is 1. The van der Waals surface area contributed by atoms with Crippen molar-refractivity contribution < 1.29 is 0 Å². The minimum atomic E-state index is 0. The monoisotopic (exact) mass is 441 g/mol. The number of nitrogens with one attached hydrogen (secondary N) is 1. The molecule has 0 radical (unpaired) electrons. The van der Waals surface area contributed by atoms with Gasteiger partial charge in [0.25, 0.3) is 0 Å². The molecule has 0 unspecified atom stereocenters. The van der Waals surface area contributed by atoms with Gasteiger partial charge in [0.05, 0.1) is 4.34 Å². The van der Waals surface area contributed by atoms with E-state index in [9.17, 15) is 0 Å². The van der Waals surface area contributed by atoms with Gasteiger partial charge in [-0.15, -0.1) is 41.9 Å². The lowest BCUT2D eigenvalue weighted by Gasteiger charge is -2.21. The topological polar surface area (TPSA) is 27.6 Å². The minimum absolute atomic E-state index is 0. The van der Waals surface area contributed by atoms with E-state index >= 15 is 0 Å². The Hall–Kier alpha value is -0.270. The summed E-state index contributed by atoms with van der Waals surface area (Å²) in [7, 11) is 2.08. The molecule has 0 bridgehead atoms. The minimum Gasteiger partial charge on any atom is -0.357 e. The molecule has 1 aromatic heterocycles. The highest BCUT2D eigenvalue weighted by atomic mass is 127. The lowest BCUT2D eigenvalue weighted by atomic mass is 10.3. The van der Waals surface area contributed by atoms with Crippen molar-refractivity contribution in [3.63, 3.8) is 0 Å². The Bertz CT molecular complexity index is 434. The maximum absolute atomic E-state index is 5.93. The third-order valence-electron chi connectivity index (χ3n) is 2.85. The average Bonchev–Trinajstić information content (AvgIpc) is 2.83. The van der Waals surface area contributed by atoms with Crippen LogP contribution in [-0.2, 0) is 6.42 Å². The van der Waals surface area contributed by atoms with Crippen LogP contribution in [-0.4, -0.2) is 37.5 Å². The van der Waals surface area contributed by atoms with Crippen molar-refractivity contribution in [2.75, 3.05) is 26.7 Å². The summed E-state index contributed by atoms with van der Waals surface area (Å²) in [4.78, 5) is 8.12. The molecule has 0 aliphatic rings. The van der Waals surface area contributed by atoms with Crippen LogP contribution < -0.4 is 5.32 Å². The Morgan fingerprint density at radius 2 is 2.29 bits per heavy atom. The molecule has 1 heterocycles. The van der Waals surface area contributed by atoms with E-state index in [1.807, 2.05) is 12.1 Å². The molecule has 0 saturated heterocycles. The van der Waals surface area contributed by atoms with Crippen molar-refractivity contribution in [1.29, 1.82) is 0 Å². The SMILES string of the molecule is C=CCCCN(C)C(=NCCc1ccc(Cl)s1)NCC.I. The molecular formula is C15H25ClIN3S. The van der Waals surface area contributed by atoms with Crippen LogP contribution in [0.5, 0.6) is 0 Å². The van der Waals surface area contributed by atoms with E-state index in [1.54, 1.807) is 11.3 Å². The normalized spacial score (nSPS) is 10.9. The van der Waals surface area contributed by atoms with E-state index in [2.05, 4.69) is 41.8 Å². The van der Waals surface area contributed by atoms with Crippen LogP contribution in [0.2, 0.25) is 4.34 Å². The Morgan fingerprint density at radius 1 is 1.52 bits per heavy atom. The number of allylic oxidation sites excluding steroid dienone is 1. The molecule has 0 amide bonds. The Labute approximate surface area is 154 Å². The second kappa shape index (κ2) is 12.3. The maximum atomic E-state index is 5.93. The van der Waals surface area contributed by atoms with E-state index in [1.165, 1.54) is 4.88 Å². The fraction of sp³-hybridized carbons (Fsp3) is 0.533. The van der Waals surface area contributed by atoms with Crippen LogP contribution >= 0.6 is 46.9 Å². The summed E-state index contributed by atoms with van der Waals surface area (Å²) in [6.07, 6.45) is 5.04. The average molecular weight is 442 g/mol. The zero-order chi connectivity index (χ0) is 14.8. The molecule has 0 atom stereocenters. The van der Waals surface area contributed by atoms with E-state index < -0.39 is 0 Å². The molecule has 0 aliphatic carbocycles. The number of nitrogens with zero attached hydrogens (tertiary/aromatic N) is 2. The van der Waals surface area contributed by atoms with Crippen molar-refractivity contribution in [2.45, 2.75) is 26.2 Å². The van der Waals surface area contributed by atoms with E-state index in [-0.39, 0.29) is 24.0 Å². The van der Waals surface area contributed by atoms with Crippen molar-refractivity contribution in [3.8, 4) is 0 Å². The number of hydrogen-bond acceptors (Lipinski definition) is 2. The lowest BCUT2D eigenvalue weighted by molar-refractivity contribution is 0.470. The van der Waals surface area contributed by atoms with E-state index in [4.69, 9.17) is 11.6 Å². The fourth-order valence-electron chi connectivity index (χ4n) is 1.81. The molecular weight excluding hydrogens is 417 g/mol. The third kappa shape index (κ3) is 8.68. The number of halogens is 2. The van der Waals surface area contributed by atoms with Crippen molar-refractivity contribution in [2.24, 2.45) is 4.99 Å². The number of thiophene rings is 1. The summed E-state index contributed by atoms with van der Waals surface area (Å²) in [6.45, 7) is 8.50. The molecule has 1 rings (SSSR count). The van der Waals surface area contributed by atoms with Gasteiger partial charge < -0.3 is 10.2 Å². The first-order valence-corrected chi connectivity index (χ1v) is 8.21. The van der Waals surface area contributed by atoms with Gasteiger partial charge in [-0.05, 0) is 31.9 Å². The Kier molecular flexibility index (Phi) is 12.1. The highest BCUT2D eigenvalue weighted by Gasteiger charge is 2.04. The van der Waals surface area contributed by atoms with Crippen LogP contribution in [0.3, 0.4) is 0 Å². The van der Waals surface area contributed by atoms with Gasteiger partial charge in [-0.25, -0.2) is 0 Å². The summed E-state index contributed by atoms with van der Waals surface area (Å²) in [5.41, 5.74) is 0. The standard InChI is InChI=1S/C15H24ClN3S.HI/c1-4-6-7-12-19(3)15(17-5-2)18-11-10-13-8-9-14(16)20-13;/h4,8-9H,1,5-7,10-12H2,2-3H3,(H,17,18);1H. The van der Waals surface area contributed by atoms with Gasteiger partial charge in [-0.1, -0.05) is 17.7 Å². The Balaban J connectivity index is 0.00000400. The van der Waals surface area contributed by atoms with Gasteiger partial charge in [-0.3, -0.25) is 4.99 Å². The zero-order valence-electron chi connectivity index (χ0n) is 12.8. The molecule has 120 valence electrons.